The Morgan fingerprint density at radius 2 is 1.08 bits per heavy atom. The Labute approximate surface area is 141 Å². The molecule has 6 heteroatoms. The van der Waals surface area contributed by atoms with Crippen LogP contribution in [0, 0.1) is 10.8 Å². The number of esters is 2. The molecule has 0 aromatic rings. The number of ketones is 2. The molecule has 0 unspecified atom stereocenters. The molecule has 0 N–H and O–H groups in total. The van der Waals surface area contributed by atoms with Crippen molar-refractivity contribution in [3.05, 3.63) is 23.3 Å². The van der Waals surface area contributed by atoms with E-state index in [9.17, 15) is 19.2 Å². The molecular formula is C18H24O6. The van der Waals surface area contributed by atoms with Gasteiger partial charge in [0, 0.05) is 22.0 Å². The van der Waals surface area contributed by atoms with Gasteiger partial charge in [-0.15, -0.1) is 0 Å². The SMILES string of the molecule is COC(=O)CC(C)(C)C1=CC(=O)C(C(C)(C)CC(=O)OC)=CC1=O. The van der Waals surface area contributed by atoms with E-state index in [1.807, 2.05) is 0 Å². The smallest absolute Gasteiger partial charge is 0.306 e. The molecule has 0 aliphatic heterocycles. The van der Waals surface area contributed by atoms with Crippen molar-refractivity contribution in [3.63, 3.8) is 0 Å². The Morgan fingerprint density at radius 1 is 0.792 bits per heavy atom. The molecular weight excluding hydrogens is 312 g/mol. The highest BCUT2D eigenvalue weighted by molar-refractivity contribution is 6.21. The summed E-state index contributed by atoms with van der Waals surface area (Å²) in [6, 6.07) is 0. The maximum atomic E-state index is 12.5. The zero-order valence-electron chi connectivity index (χ0n) is 15.0. The van der Waals surface area contributed by atoms with Crippen molar-refractivity contribution in [2.24, 2.45) is 10.8 Å². The number of hydrogen-bond donors (Lipinski definition) is 0. The lowest BCUT2D eigenvalue weighted by atomic mass is 9.71. The quantitative estimate of drug-likeness (QED) is 0.546. The number of methoxy groups -OCH3 is 2. The van der Waals surface area contributed by atoms with Crippen LogP contribution in [0.5, 0.6) is 0 Å². The summed E-state index contributed by atoms with van der Waals surface area (Å²) in [6.07, 6.45) is 2.51. The van der Waals surface area contributed by atoms with Crippen molar-refractivity contribution in [2.75, 3.05) is 14.2 Å². The maximum absolute atomic E-state index is 12.5. The first-order chi connectivity index (χ1) is 10.9. The first-order valence-corrected chi connectivity index (χ1v) is 7.61. The highest BCUT2D eigenvalue weighted by Gasteiger charge is 2.38. The molecule has 24 heavy (non-hydrogen) atoms. The molecule has 0 radical (unpaired) electrons. The fourth-order valence-electron chi connectivity index (χ4n) is 2.67. The number of carbonyl (C=O) groups excluding carboxylic acids is 4. The molecule has 0 atom stereocenters. The van der Waals surface area contributed by atoms with Gasteiger partial charge < -0.3 is 9.47 Å². The van der Waals surface area contributed by atoms with Crippen LogP contribution in [-0.4, -0.2) is 37.7 Å². The Hall–Kier alpha value is -2.24. The van der Waals surface area contributed by atoms with Gasteiger partial charge in [-0.2, -0.15) is 0 Å². The molecule has 0 fully saturated rings. The van der Waals surface area contributed by atoms with Gasteiger partial charge in [-0.3, -0.25) is 19.2 Å². The minimum atomic E-state index is -0.825. The number of ether oxygens (including phenoxy) is 2. The van der Waals surface area contributed by atoms with Crippen LogP contribution in [0.2, 0.25) is 0 Å². The monoisotopic (exact) mass is 336 g/mol. The fraction of sp³-hybridized carbons (Fsp3) is 0.556. The summed E-state index contributed by atoms with van der Waals surface area (Å²) in [5, 5.41) is 0. The second-order valence-electron chi connectivity index (χ2n) is 7.12. The van der Waals surface area contributed by atoms with Gasteiger partial charge in [0.1, 0.15) is 0 Å². The van der Waals surface area contributed by atoms with Crippen LogP contribution >= 0.6 is 0 Å². The van der Waals surface area contributed by atoms with E-state index in [-0.39, 0.29) is 35.6 Å². The van der Waals surface area contributed by atoms with E-state index in [2.05, 4.69) is 9.47 Å². The second-order valence-corrected chi connectivity index (χ2v) is 7.12. The van der Waals surface area contributed by atoms with Gasteiger partial charge >= 0.3 is 11.9 Å². The van der Waals surface area contributed by atoms with E-state index in [1.54, 1.807) is 27.7 Å². The maximum Gasteiger partial charge on any atom is 0.306 e. The number of rotatable bonds is 6. The summed E-state index contributed by atoms with van der Waals surface area (Å²) >= 11 is 0. The average molecular weight is 336 g/mol. The molecule has 6 nitrogen and oxygen atoms in total. The average Bonchev–Trinajstić information content (AvgIpc) is 2.47. The standard InChI is InChI=1S/C18H24O6/c1-17(2,9-15(21)23-5)11-7-14(20)12(8-13(11)19)18(3,4)10-16(22)24-6/h7-8H,9-10H2,1-6H3. The third-order valence-corrected chi connectivity index (χ3v) is 4.17. The minimum absolute atomic E-state index is 0.0108. The molecule has 0 spiro atoms. The van der Waals surface area contributed by atoms with Crippen molar-refractivity contribution in [2.45, 2.75) is 40.5 Å². The summed E-state index contributed by atoms with van der Waals surface area (Å²) in [4.78, 5) is 48.1. The molecule has 0 aromatic carbocycles. The van der Waals surface area contributed by atoms with E-state index in [0.717, 1.165) is 0 Å². The van der Waals surface area contributed by atoms with Crippen LogP contribution in [0.15, 0.2) is 23.3 Å². The van der Waals surface area contributed by atoms with Gasteiger partial charge in [0.05, 0.1) is 27.1 Å². The van der Waals surface area contributed by atoms with Crippen LogP contribution in [-0.2, 0) is 28.7 Å². The Bertz CT molecular complexity index is 578. The van der Waals surface area contributed by atoms with Gasteiger partial charge in [0.2, 0.25) is 0 Å². The first kappa shape index (κ1) is 19.8. The fourth-order valence-corrected chi connectivity index (χ4v) is 2.67. The van der Waals surface area contributed by atoms with E-state index >= 15 is 0 Å². The minimum Gasteiger partial charge on any atom is -0.469 e. The Morgan fingerprint density at radius 3 is 1.33 bits per heavy atom. The van der Waals surface area contributed by atoms with Gasteiger partial charge in [-0.25, -0.2) is 0 Å². The lowest BCUT2D eigenvalue weighted by Gasteiger charge is -2.31. The number of hydrogen-bond acceptors (Lipinski definition) is 6. The molecule has 1 aliphatic carbocycles. The van der Waals surface area contributed by atoms with Crippen molar-refractivity contribution >= 4 is 23.5 Å². The summed E-state index contributed by atoms with van der Waals surface area (Å²) in [6.45, 7) is 6.83. The molecule has 1 rings (SSSR count). The van der Waals surface area contributed by atoms with Crippen LogP contribution in [0.1, 0.15) is 40.5 Å². The lowest BCUT2D eigenvalue weighted by molar-refractivity contribution is -0.143. The van der Waals surface area contributed by atoms with E-state index in [1.165, 1.54) is 26.4 Å². The Balaban J connectivity index is 3.10. The van der Waals surface area contributed by atoms with E-state index in [0.29, 0.717) is 0 Å². The molecule has 0 bridgehead atoms. The predicted octanol–water partition coefficient (Wildman–Crippen LogP) is 2.17. The summed E-state index contributed by atoms with van der Waals surface area (Å²) in [5.41, 5.74) is -1.13. The second kappa shape index (κ2) is 7.11. The van der Waals surface area contributed by atoms with Gasteiger partial charge in [0.25, 0.3) is 0 Å². The largest absolute Gasteiger partial charge is 0.469 e. The van der Waals surface area contributed by atoms with Crippen LogP contribution in [0.25, 0.3) is 0 Å². The molecule has 0 saturated heterocycles. The van der Waals surface area contributed by atoms with Crippen LogP contribution in [0.4, 0.5) is 0 Å². The molecule has 0 saturated carbocycles. The highest BCUT2D eigenvalue weighted by Crippen LogP contribution is 2.38. The molecule has 132 valence electrons. The van der Waals surface area contributed by atoms with Crippen molar-refractivity contribution in [3.8, 4) is 0 Å². The third kappa shape index (κ3) is 4.40. The van der Waals surface area contributed by atoms with Crippen LogP contribution < -0.4 is 0 Å². The highest BCUT2D eigenvalue weighted by atomic mass is 16.5. The number of carbonyl (C=O) groups is 4. The van der Waals surface area contributed by atoms with E-state index in [4.69, 9.17) is 0 Å². The van der Waals surface area contributed by atoms with Crippen LogP contribution in [0.3, 0.4) is 0 Å². The van der Waals surface area contributed by atoms with Crippen molar-refractivity contribution < 1.29 is 28.7 Å². The topological polar surface area (TPSA) is 86.7 Å². The summed E-state index contributed by atoms with van der Waals surface area (Å²) in [7, 11) is 2.54. The van der Waals surface area contributed by atoms with Gasteiger partial charge in [0.15, 0.2) is 11.6 Å². The normalized spacial score (nSPS) is 15.6. The molecule has 0 amide bonds. The summed E-state index contributed by atoms with van der Waals surface area (Å²) in [5.74, 6) is -1.59. The van der Waals surface area contributed by atoms with Gasteiger partial charge in [-0.1, -0.05) is 27.7 Å². The lowest BCUT2D eigenvalue weighted by Crippen LogP contribution is -2.32. The predicted molar refractivity (Wildman–Crippen MR) is 87.0 cm³/mol. The zero-order valence-corrected chi connectivity index (χ0v) is 15.0. The Kier molecular flexibility index (Phi) is 5.87. The van der Waals surface area contributed by atoms with E-state index < -0.39 is 22.8 Å². The molecule has 0 heterocycles. The summed E-state index contributed by atoms with van der Waals surface area (Å²) < 4.78 is 9.28. The zero-order chi connectivity index (χ0) is 18.7. The molecule has 1 aliphatic rings. The third-order valence-electron chi connectivity index (χ3n) is 4.17. The first-order valence-electron chi connectivity index (χ1n) is 7.61. The number of allylic oxidation sites excluding steroid dienone is 4. The molecule has 0 aromatic heterocycles. The van der Waals surface area contributed by atoms with Gasteiger partial charge in [-0.05, 0) is 12.2 Å². The van der Waals surface area contributed by atoms with Crippen molar-refractivity contribution in [1.29, 1.82) is 0 Å². The van der Waals surface area contributed by atoms with Crippen molar-refractivity contribution in [1.82, 2.24) is 0 Å².